The molecule has 0 fully saturated rings. The van der Waals surface area contributed by atoms with Gasteiger partial charge in [0.05, 0.1) is 12.6 Å². The Morgan fingerprint density at radius 1 is 1.15 bits per heavy atom. The molecule has 3 N–H and O–H groups in total. The summed E-state index contributed by atoms with van der Waals surface area (Å²) >= 11 is 0. The second-order valence-corrected chi connectivity index (χ2v) is 4.99. The lowest BCUT2D eigenvalue weighted by Crippen LogP contribution is -2.43. The molecule has 0 aliphatic carbocycles. The van der Waals surface area contributed by atoms with E-state index in [1.54, 1.807) is 12.1 Å². The van der Waals surface area contributed by atoms with Gasteiger partial charge in [-0.2, -0.15) is 0 Å². The standard InChI is InChI=1S/C15H22N2O3/c1-4-12(9-18)16-14(19)15(20)17-13-7-5-11(6-8-13)10(2)3/h5-8,10,12,18H,4,9H2,1-3H3,(H,16,19)(H,17,20). The number of hydrogen-bond acceptors (Lipinski definition) is 3. The first-order valence-electron chi connectivity index (χ1n) is 6.80. The molecule has 0 spiro atoms. The maximum atomic E-state index is 11.7. The summed E-state index contributed by atoms with van der Waals surface area (Å²) in [7, 11) is 0. The molecule has 1 atom stereocenters. The second-order valence-electron chi connectivity index (χ2n) is 4.99. The van der Waals surface area contributed by atoms with Crippen LogP contribution in [0.25, 0.3) is 0 Å². The van der Waals surface area contributed by atoms with Gasteiger partial charge in [-0.25, -0.2) is 0 Å². The summed E-state index contributed by atoms with van der Waals surface area (Å²) in [6.07, 6.45) is 0.568. The predicted octanol–water partition coefficient (Wildman–Crippen LogP) is 1.64. The van der Waals surface area contributed by atoms with Crippen molar-refractivity contribution in [3.8, 4) is 0 Å². The quantitative estimate of drug-likeness (QED) is 0.716. The summed E-state index contributed by atoms with van der Waals surface area (Å²) < 4.78 is 0. The molecule has 2 amide bonds. The van der Waals surface area contributed by atoms with E-state index < -0.39 is 17.9 Å². The third-order valence-electron chi connectivity index (χ3n) is 3.09. The number of aliphatic hydroxyl groups is 1. The van der Waals surface area contributed by atoms with Gasteiger partial charge in [-0.3, -0.25) is 9.59 Å². The Bertz CT molecular complexity index is 451. The molecule has 0 heterocycles. The van der Waals surface area contributed by atoms with Crippen molar-refractivity contribution < 1.29 is 14.7 Å². The highest BCUT2D eigenvalue weighted by Crippen LogP contribution is 2.16. The number of anilines is 1. The van der Waals surface area contributed by atoms with Gasteiger partial charge < -0.3 is 15.7 Å². The Balaban J connectivity index is 2.59. The molecule has 5 heteroatoms. The van der Waals surface area contributed by atoms with E-state index in [2.05, 4.69) is 24.5 Å². The third-order valence-corrected chi connectivity index (χ3v) is 3.09. The van der Waals surface area contributed by atoms with Gasteiger partial charge in [-0.05, 0) is 30.0 Å². The van der Waals surface area contributed by atoms with Gasteiger partial charge in [0.15, 0.2) is 0 Å². The van der Waals surface area contributed by atoms with Crippen LogP contribution in [0.1, 0.15) is 38.7 Å². The average molecular weight is 278 g/mol. The number of amides is 2. The third kappa shape index (κ3) is 4.66. The summed E-state index contributed by atoms with van der Waals surface area (Å²) in [5.74, 6) is -1.05. The fourth-order valence-electron chi connectivity index (χ4n) is 1.67. The van der Waals surface area contributed by atoms with Gasteiger partial charge in [0.25, 0.3) is 0 Å². The van der Waals surface area contributed by atoms with Crippen molar-refractivity contribution in [2.24, 2.45) is 0 Å². The summed E-state index contributed by atoms with van der Waals surface area (Å²) in [5.41, 5.74) is 1.74. The summed E-state index contributed by atoms with van der Waals surface area (Å²) in [6, 6.07) is 6.98. The molecule has 0 bridgehead atoms. The zero-order valence-corrected chi connectivity index (χ0v) is 12.1. The van der Waals surface area contributed by atoms with Crippen molar-refractivity contribution in [1.29, 1.82) is 0 Å². The van der Waals surface area contributed by atoms with Gasteiger partial charge in [0, 0.05) is 5.69 Å². The molecule has 0 aromatic heterocycles. The Morgan fingerprint density at radius 3 is 2.20 bits per heavy atom. The Kier molecular flexibility index (Phi) is 6.18. The first-order valence-corrected chi connectivity index (χ1v) is 6.80. The molecule has 0 saturated heterocycles. The Hall–Kier alpha value is -1.88. The summed E-state index contributed by atoms with van der Waals surface area (Å²) in [4.78, 5) is 23.3. The van der Waals surface area contributed by atoms with E-state index in [4.69, 9.17) is 5.11 Å². The molecule has 5 nitrogen and oxygen atoms in total. The lowest BCUT2D eigenvalue weighted by molar-refractivity contribution is -0.136. The van der Waals surface area contributed by atoms with Gasteiger partial charge in [-0.15, -0.1) is 0 Å². The van der Waals surface area contributed by atoms with Crippen molar-refractivity contribution in [2.45, 2.75) is 39.2 Å². The minimum absolute atomic E-state index is 0.182. The van der Waals surface area contributed by atoms with E-state index in [0.29, 0.717) is 18.0 Å². The molecular weight excluding hydrogens is 256 g/mol. The average Bonchev–Trinajstić information content (AvgIpc) is 2.44. The van der Waals surface area contributed by atoms with Crippen LogP contribution in [0.2, 0.25) is 0 Å². The van der Waals surface area contributed by atoms with Gasteiger partial charge in [0.1, 0.15) is 0 Å². The Labute approximate surface area is 119 Å². The molecule has 0 radical (unpaired) electrons. The molecule has 0 aliphatic rings. The normalized spacial score (nSPS) is 12.1. The lowest BCUT2D eigenvalue weighted by Gasteiger charge is -2.13. The van der Waals surface area contributed by atoms with Crippen LogP contribution in [0.15, 0.2) is 24.3 Å². The van der Waals surface area contributed by atoms with Crippen molar-refractivity contribution >= 4 is 17.5 Å². The van der Waals surface area contributed by atoms with E-state index in [0.717, 1.165) is 0 Å². The van der Waals surface area contributed by atoms with Crippen LogP contribution >= 0.6 is 0 Å². The number of benzene rings is 1. The highest BCUT2D eigenvalue weighted by Gasteiger charge is 2.17. The van der Waals surface area contributed by atoms with E-state index in [-0.39, 0.29) is 6.61 Å². The SMILES string of the molecule is CCC(CO)NC(=O)C(=O)Nc1ccc(C(C)C)cc1. The van der Waals surface area contributed by atoms with Crippen LogP contribution in [-0.2, 0) is 9.59 Å². The van der Waals surface area contributed by atoms with Crippen molar-refractivity contribution in [3.63, 3.8) is 0 Å². The number of carbonyl (C=O) groups excluding carboxylic acids is 2. The number of hydrogen-bond donors (Lipinski definition) is 3. The fraction of sp³-hybridized carbons (Fsp3) is 0.467. The van der Waals surface area contributed by atoms with Crippen LogP contribution < -0.4 is 10.6 Å². The van der Waals surface area contributed by atoms with Gasteiger partial charge >= 0.3 is 11.8 Å². The van der Waals surface area contributed by atoms with Gasteiger partial charge in [0.2, 0.25) is 0 Å². The first-order chi connectivity index (χ1) is 9.47. The van der Waals surface area contributed by atoms with E-state index in [1.165, 1.54) is 5.56 Å². The molecule has 0 aliphatic heterocycles. The summed E-state index contributed by atoms with van der Waals surface area (Å²) in [5, 5.41) is 14.0. The van der Waals surface area contributed by atoms with Gasteiger partial charge in [-0.1, -0.05) is 32.9 Å². The van der Waals surface area contributed by atoms with Crippen molar-refractivity contribution in [2.75, 3.05) is 11.9 Å². The van der Waals surface area contributed by atoms with Crippen LogP contribution in [0.4, 0.5) is 5.69 Å². The van der Waals surface area contributed by atoms with E-state index >= 15 is 0 Å². The van der Waals surface area contributed by atoms with Crippen molar-refractivity contribution in [3.05, 3.63) is 29.8 Å². The van der Waals surface area contributed by atoms with Crippen molar-refractivity contribution in [1.82, 2.24) is 5.32 Å². The zero-order chi connectivity index (χ0) is 15.1. The molecule has 1 aromatic rings. The topological polar surface area (TPSA) is 78.4 Å². The number of carbonyl (C=O) groups is 2. The molecule has 0 saturated carbocycles. The molecule has 1 unspecified atom stereocenters. The smallest absolute Gasteiger partial charge is 0.313 e. The summed E-state index contributed by atoms with van der Waals surface area (Å²) in [6.45, 7) is 5.81. The monoisotopic (exact) mass is 278 g/mol. The fourth-order valence-corrected chi connectivity index (χ4v) is 1.67. The zero-order valence-electron chi connectivity index (χ0n) is 12.1. The minimum atomic E-state index is -0.737. The second kappa shape index (κ2) is 7.65. The highest BCUT2D eigenvalue weighted by molar-refractivity contribution is 6.39. The number of nitrogens with one attached hydrogen (secondary N) is 2. The number of rotatable bonds is 5. The lowest BCUT2D eigenvalue weighted by atomic mass is 10.0. The van der Waals surface area contributed by atoms with E-state index in [1.807, 2.05) is 19.1 Å². The molecule has 20 heavy (non-hydrogen) atoms. The van der Waals surface area contributed by atoms with Crippen LogP contribution in [0.5, 0.6) is 0 Å². The molecule has 110 valence electrons. The number of aliphatic hydroxyl groups excluding tert-OH is 1. The first kappa shape index (κ1) is 16.2. The maximum absolute atomic E-state index is 11.7. The highest BCUT2D eigenvalue weighted by atomic mass is 16.3. The maximum Gasteiger partial charge on any atom is 0.313 e. The minimum Gasteiger partial charge on any atom is -0.394 e. The predicted molar refractivity (Wildman–Crippen MR) is 78.5 cm³/mol. The molecular formula is C15H22N2O3. The van der Waals surface area contributed by atoms with Crippen LogP contribution in [-0.4, -0.2) is 29.6 Å². The largest absolute Gasteiger partial charge is 0.394 e. The van der Waals surface area contributed by atoms with Crippen LogP contribution in [0, 0.1) is 0 Å². The Morgan fingerprint density at radius 2 is 1.75 bits per heavy atom. The van der Waals surface area contributed by atoms with E-state index in [9.17, 15) is 9.59 Å². The molecule has 1 aromatic carbocycles. The molecule has 1 rings (SSSR count). The van der Waals surface area contributed by atoms with Crippen LogP contribution in [0.3, 0.4) is 0 Å².